The molecule has 27 heavy (non-hydrogen) atoms. The second-order valence-corrected chi connectivity index (χ2v) is 7.45. The van der Waals surface area contributed by atoms with Crippen LogP contribution in [0, 0.1) is 5.92 Å². The molecule has 1 aromatic carbocycles. The molecule has 2 aromatic rings. The average Bonchev–Trinajstić information content (AvgIpc) is 3.39. The molecule has 0 radical (unpaired) electrons. The van der Waals surface area contributed by atoms with Gasteiger partial charge in [-0.25, -0.2) is 0 Å². The highest BCUT2D eigenvalue weighted by Crippen LogP contribution is 2.37. The molecule has 0 bridgehead atoms. The van der Waals surface area contributed by atoms with E-state index >= 15 is 0 Å². The summed E-state index contributed by atoms with van der Waals surface area (Å²) in [6, 6.07) is 6.25. The number of nitrogens with zero attached hydrogens (tertiary/aromatic N) is 2. The SMILES string of the molecule is CCn1nccc1[C@@H]1OCC[C@H]1CNCc1cc(OC)cc2c1O[C@@H](C)C2. The van der Waals surface area contributed by atoms with Crippen LogP contribution >= 0.6 is 0 Å². The van der Waals surface area contributed by atoms with Crippen molar-refractivity contribution in [1.82, 2.24) is 15.1 Å². The minimum atomic E-state index is 0.118. The van der Waals surface area contributed by atoms with Crippen molar-refractivity contribution in [2.75, 3.05) is 20.3 Å². The molecule has 0 amide bonds. The van der Waals surface area contributed by atoms with E-state index in [9.17, 15) is 0 Å². The van der Waals surface area contributed by atoms with E-state index in [0.29, 0.717) is 5.92 Å². The molecule has 4 rings (SSSR count). The Labute approximate surface area is 160 Å². The summed E-state index contributed by atoms with van der Waals surface area (Å²) in [4.78, 5) is 0. The fourth-order valence-electron chi connectivity index (χ4n) is 4.24. The van der Waals surface area contributed by atoms with E-state index in [2.05, 4.69) is 42.5 Å². The standard InChI is InChI=1S/C21H29N3O3/c1-4-24-19(5-7-23-24)21-15(6-8-26-21)12-22-13-17-11-18(25-3)10-16-9-14(2)27-20(16)17/h5,7,10-11,14-15,21-22H,4,6,8-9,12-13H2,1-3H3/t14-,15-,21+/m0/s1. The molecule has 0 aliphatic carbocycles. The number of ether oxygens (including phenoxy) is 3. The predicted molar refractivity (Wildman–Crippen MR) is 103 cm³/mol. The van der Waals surface area contributed by atoms with Gasteiger partial charge in [-0.3, -0.25) is 4.68 Å². The van der Waals surface area contributed by atoms with Gasteiger partial charge in [0.2, 0.25) is 0 Å². The van der Waals surface area contributed by atoms with Gasteiger partial charge in [-0.1, -0.05) is 0 Å². The topological polar surface area (TPSA) is 57.5 Å². The second kappa shape index (κ2) is 7.90. The van der Waals surface area contributed by atoms with Gasteiger partial charge >= 0.3 is 0 Å². The van der Waals surface area contributed by atoms with E-state index in [1.54, 1.807) is 7.11 Å². The molecule has 6 heteroatoms. The molecular weight excluding hydrogens is 342 g/mol. The molecule has 2 aliphatic heterocycles. The third-order valence-corrected chi connectivity index (χ3v) is 5.56. The lowest BCUT2D eigenvalue weighted by atomic mass is 9.98. The predicted octanol–water partition coefficient (Wildman–Crippen LogP) is 3.10. The molecule has 1 saturated heterocycles. The Bertz CT molecular complexity index is 789. The monoisotopic (exact) mass is 371 g/mol. The lowest BCUT2D eigenvalue weighted by Crippen LogP contribution is -2.26. The van der Waals surface area contributed by atoms with Crippen LogP contribution in [-0.2, 0) is 24.2 Å². The van der Waals surface area contributed by atoms with Crippen molar-refractivity contribution < 1.29 is 14.2 Å². The van der Waals surface area contributed by atoms with E-state index in [-0.39, 0.29) is 12.2 Å². The van der Waals surface area contributed by atoms with Crippen molar-refractivity contribution in [1.29, 1.82) is 0 Å². The zero-order valence-corrected chi connectivity index (χ0v) is 16.4. The molecule has 0 spiro atoms. The van der Waals surface area contributed by atoms with Gasteiger partial charge in [0.25, 0.3) is 0 Å². The van der Waals surface area contributed by atoms with Gasteiger partial charge in [0.15, 0.2) is 0 Å². The summed E-state index contributed by atoms with van der Waals surface area (Å²) >= 11 is 0. The van der Waals surface area contributed by atoms with Crippen LogP contribution in [0.25, 0.3) is 0 Å². The van der Waals surface area contributed by atoms with Crippen molar-refractivity contribution in [3.63, 3.8) is 0 Å². The quantitative estimate of drug-likeness (QED) is 0.810. The Balaban J connectivity index is 1.42. The van der Waals surface area contributed by atoms with Crippen molar-refractivity contribution in [3.8, 4) is 11.5 Å². The lowest BCUT2D eigenvalue weighted by Gasteiger charge is -2.20. The first-order chi connectivity index (χ1) is 13.2. The highest BCUT2D eigenvalue weighted by molar-refractivity contribution is 5.49. The Kier molecular flexibility index (Phi) is 5.36. The molecule has 146 valence electrons. The summed E-state index contributed by atoms with van der Waals surface area (Å²) in [5, 5.41) is 8.02. The van der Waals surface area contributed by atoms with Crippen LogP contribution in [0.3, 0.4) is 0 Å². The number of rotatable bonds is 7. The number of aromatic nitrogens is 2. The average molecular weight is 371 g/mol. The van der Waals surface area contributed by atoms with E-state index < -0.39 is 0 Å². The normalized spacial score (nSPS) is 24.0. The fourth-order valence-corrected chi connectivity index (χ4v) is 4.24. The molecule has 3 atom stereocenters. The van der Waals surface area contributed by atoms with Crippen LogP contribution in [0.15, 0.2) is 24.4 Å². The number of nitrogens with one attached hydrogen (secondary N) is 1. The first kappa shape index (κ1) is 18.3. The highest BCUT2D eigenvalue weighted by Gasteiger charge is 2.32. The first-order valence-electron chi connectivity index (χ1n) is 9.90. The summed E-state index contributed by atoms with van der Waals surface area (Å²) in [5.74, 6) is 2.38. The van der Waals surface area contributed by atoms with Crippen LogP contribution in [0.1, 0.15) is 43.2 Å². The van der Waals surface area contributed by atoms with E-state index in [1.807, 2.05) is 10.9 Å². The molecule has 6 nitrogen and oxygen atoms in total. The molecule has 1 N–H and O–H groups in total. The first-order valence-corrected chi connectivity index (χ1v) is 9.90. The van der Waals surface area contributed by atoms with Crippen molar-refractivity contribution in [2.45, 2.75) is 52.0 Å². The van der Waals surface area contributed by atoms with Gasteiger partial charge in [0.05, 0.1) is 12.8 Å². The maximum Gasteiger partial charge on any atom is 0.127 e. The maximum atomic E-state index is 6.04. The van der Waals surface area contributed by atoms with Crippen LogP contribution in [0.4, 0.5) is 0 Å². The van der Waals surface area contributed by atoms with Crippen molar-refractivity contribution in [2.24, 2.45) is 5.92 Å². The van der Waals surface area contributed by atoms with Crippen LogP contribution < -0.4 is 14.8 Å². The van der Waals surface area contributed by atoms with Gasteiger partial charge in [-0.05, 0) is 38.5 Å². The molecule has 1 fully saturated rings. The molecule has 3 heterocycles. The third-order valence-electron chi connectivity index (χ3n) is 5.56. The molecule has 0 saturated carbocycles. The van der Waals surface area contributed by atoms with Gasteiger partial charge in [-0.15, -0.1) is 0 Å². The number of aryl methyl sites for hydroxylation is 1. The van der Waals surface area contributed by atoms with Crippen molar-refractivity contribution in [3.05, 3.63) is 41.2 Å². The van der Waals surface area contributed by atoms with E-state index in [4.69, 9.17) is 14.2 Å². The zero-order chi connectivity index (χ0) is 18.8. The third kappa shape index (κ3) is 3.69. The number of benzene rings is 1. The Morgan fingerprint density at radius 2 is 2.26 bits per heavy atom. The van der Waals surface area contributed by atoms with E-state index in [1.165, 1.54) is 16.8 Å². The molecular formula is C21H29N3O3. The Morgan fingerprint density at radius 1 is 1.37 bits per heavy atom. The van der Waals surface area contributed by atoms with Crippen molar-refractivity contribution >= 4 is 0 Å². The van der Waals surface area contributed by atoms with Gasteiger partial charge in [-0.2, -0.15) is 5.10 Å². The minimum absolute atomic E-state index is 0.118. The summed E-state index contributed by atoms with van der Waals surface area (Å²) in [6.07, 6.45) is 4.22. The fraction of sp³-hybridized carbons (Fsp3) is 0.571. The molecule has 2 aliphatic rings. The van der Waals surface area contributed by atoms with Gasteiger partial charge in [0, 0.05) is 55.9 Å². The van der Waals surface area contributed by atoms with E-state index in [0.717, 1.165) is 50.6 Å². The minimum Gasteiger partial charge on any atom is -0.497 e. The number of hydrogen-bond acceptors (Lipinski definition) is 5. The summed E-state index contributed by atoms with van der Waals surface area (Å²) in [7, 11) is 1.72. The number of methoxy groups -OCH3 is 1. The van der Waals surface area contributed by atoms with Gasteiger partial charge in [0.1, 0.15) is 23.7 Å². The summed E-state index contributed by atoms with van der Waals surface area (Å²) < 4.78 is 19.6. The number of hydrogen-bond donors (Lipinski definition) is 1. The summed E-state index contributed by atoms with van der Waals surface area (Å²) in [6.45, 7) is 7.57. The summed E-state index contributed by atoms with van der Waals surface area (Å²) in [5.41, 5.74) is 3.59. The molecule has 0 unspecified atom stereocenters. The lowest BCUT2D eigenvalue weighted by molar-refractivity contribution is 0.0830. The maximum absolute atomic E-state index is 6.04. The smallest absolute Gasteiger partial charge is 0.127 e. The number of fused-ring (bicyclic) bond motifs is 1. The molecule has 1 aromatic heterocycles. The van der Waals surface area contributed by atoms with Gasteiger partial charge < -0.3 is 19.5 Å². The van der Waals surface area contributed by atoms with Crippen LogP contribution in [0.5, 0.6) is 11.5 Å². The second-order valence-electron chi connectivity index (χ2n) is 7.45. The Morgan fingerprint density at radius 3 is 3.07 bits per heavy atom. The van der Waals surface area contributed by atoms with Crippen LogP contribution in [-0.4, -0.2) is 36.1 Å². The zero-order valence-electron chi connectivity index (χ0n) is 16.4. The Hall–Kier alpha value is -2.05. The largest absolute Gasteiger partial charge is 0.497 e. The van der Waals surface area contributed by atoms with Crippen LogP contribution in [0.2, 0.25) is 0 Å². The highest BCUT2D eigenvalue weighted by atomic mass is 16.5.